The van der Waals surface area contributed by atoms with Crippen LogP contribution in [0.1, 0.15) is 45.2 Å². The molecule has 0 amide bonds. The number of nitrogens with two attached hydrogens (primary N) is 1. The SMILES string of the molecule is CC(C)c1ccc(-c2nc(=O)n(C(C)C)c3cccc(N)c23)cc1. The van der Waals surface area contributed by atoms with Gasteiger partial charge in [-0.25, -0.2) is 4.79 Å². The van der Waals surface area contributed by atoms with Crippen molar-refractivity contribution in [3.63, 3.8) is 0 Å². The smallest absolute Gasteiger partial charge is 0.348 e. The first kappa shape index (κ1) is 16.2. The van der Waals surface area contributed by atoms with Crippen molar-refractivity contribution in [3.05, 3.63) is 58.5 Å². The second-order valence-electron chi connectivity index (χ2n) is 6.72. The van der Waals surface area contributed by atoms with Gasteiger partial charge in [0.25, 0.3) is 0 Å². The third kappa shape index (κ3) is 2.68. The Morgan fingerprint density at radius 1 is 1.00 bits per heavy atom. The quantitative estimate of drug-likeness (QED) is 0.730. The van der Waals surface area contributed by atoms with Crippen molar-refractivity contribution < 1.29 is 0 Å². The second kappa shape index (κ2) is 6.11. The highest BCUT2D eigenvalue weighted by molar-refractivity contribution is 6.00. The lowest BCUT2D eigenvalue weighted by Gasteiger charge is -2.17. The van der Waals surface area contributed by atoms with Crippen molar-refractivity contribution in [2.45, 2.75) is 39.7 Å². The van der Waals surface area contributed by atoms with E-state index in [1.807, 2.05) is 44.2 Å². The molecule has 0 aliphatic rings. The van der Waals surface area contributed by atoms with Gasteiger partial charge in [0.15, 0.2) is 0 Å². The highest BCUT2D eigenvalue weighted by Crippen LogP contribution is 2.31. The van der Waals surface area contributed by atoms with E-state index in [1.54, 1.807) is 4.57 Å². The summed E-state index contributed by atoms with van der Waals surface area (Å²) in [5.74, 6) is 0.461. The molecule has 0 spiro atoms. The normalized spacial score (nSPS) is 11.6. The molecule has 2 aromatic carbocycles. The Bertz CT molecular complexity index is 937. The van der Waals surface area contributed by atoms with Gasteiger partial charge < -0.3 is 5.73 Å². The van der Waals surface area contributed by atoms with E-state index in [0.29, 0.717) is 17.3 Å². The molecule has 4 heteroatoms. The van der Waals surface area contributed by atoms with Crippen LogP contribution < -0.4 is 11.4 Å². The number of nitrogens with zero attached hydrogens (tertiary/aromatic N) is 2. The molecule has 1 aromatic heterocycles. The minimum Gasteiger partial charge on any atom is -0.398 e. The average Bonchev–Trinajstić information content (AvgIpc) is 2.53. The fraction of sp³-hybridized carbons (Fsp3) is 0.300. The maximum absolute atomic E-state index is 12.6. The van der Waals surface area contributed by atoms with E-state index in [4.69, 9.17) is 5.73 Å². The number of benzene rings is 2. The number of hydrogen-bond donors (Lipinski definition) is 1. The van der Waals surface area contributed by atoms with Crippen LogP contribution in [-0.2, 0) is 0 Å². The number of rotatable bonds is 3. The second-order valence-corrected chi connectivity index (χ2v) is 6.72. The summed E-state index contributed by atoms with van der Waals surface area (Å²) in [5.41, 5.74) is 10.3. The lowest BCUT2D eigenvalue weighted by Crippen LogP contribution is -2.25. The van der Waals surface area contributed by atoms with Crippen LogP contribution in [0, 0.1) is 0 Å². The van der Waals surface area contributed by atoms with Crippen molar-refractivity contribution in [1.29, 1.82) is 0 Å². The van der Waals surface area contributed by atoms with Crippen LogP contribution >= 0.6 is 0 Å². The van der Waals surface area contributed by atoms with Crippen molar-refractivity contribution in [2.24, 2.45) is 0 Å². The Morgan fingerprint density at radius 2 is 1.67 bits per heavy atom. The molecule has 0 aliphatic carbocycles. The maximum Gasteiger partial charge on any atom is 0.348 e. The van der Waals surface area contributed by atoms with Gasteiger partial charge in [0.1, 0.15) is 0 Å². The summed E-state index contributed by atoms with van der Waals surface area (Å²) < 4.78 is 1.69. The molecule has 3 rings (SSSR count). The van der Waals surface area contributed by atoms with Crippen LogP contribution in [0.4, 0.5) is 5.69 Å². The van der Waals surface area contributed by atoms with Gasteiger partial charge in [0.05, 0.1) is 11.2 Å². The van der Waals surface area contributed by atoms with Crippen LogP contribution in [-0.4, -0.2) is 9.55 Å². The minimum atomic E-state index is -0.244. The molecule has 0 fully saturated rings. The standard InChI is InChI=1S/C20H23N3O/c1-12(2)14-8-10-15(11-9-14)19-18-16(21)6-5-7-17(18)23(13(3)4)20(24)22-19/h5-13H,21H2,1-4H3. The van der Waals surface area contributed by atoms with Gasteiger partial charge >= 0.3 is 5.69 Å². The Hall–Kier alpha value is -2.62. The summed E-state index contributed by atoms with van der Waals surface area (Å²) in [6, 6.07) is 13.9. The fourth-order valence-corrected chi connectivity index (χ4v) is 3.06. The van der Waals surface area contributed by atoms with E-state index >= 15 is 0 Å². The Balaban J connectivity index is 2.33. The first-order chi connectivity index (χ1) is 11.4. The molecule has 1 heterocycles. The third-order valence-electron chi connectivity index (χ3n) is 4.35. The van der Waals surface area contributed by atoms with Gasteiger partial charge in [-0.1, -0.05) is 44.2 Å². The van der Waals surface area contributed by atoms with Crippen LogP contribution in [0.15, 0.2) is 47.3 Å². The van der Waals surface area contributed by atoms with Crippen molar-refractivity contribution >= 4 is 16.6 Å². The molecule has 0 unspecified atom stereocenters. The largest absolute Gasteiger partial charge is 0.398 e. The topological polar surface area (TPSA) is 60.9 Å². The third-order valence-corrected chi connectivity index (χ3v) is 4.35. The number of fused-ring (bicyclic) bond motifs is 1. The number of anilines is 1. The van der Waals surface area contributed by atoms with Crippen molar-refractivity contribution in [1.82, 2.24) is 9.55 Å². The molecule has 124 valence electrons. The molecule has 0 bridgehead atoms. The minimum absolute atomic E-state index is 0.0201. The van der Waals surface area contributed by atoms with Crippen molar-refractivity contribution in [3.8, 4) is 11.3 Å². The zero-order chi connectivity index (χ0) is 17.4. The summed E-state index contributed by atoms with van der Waals surface area (Å²) in [6.45, 7) is 8.26. The van der Waals surface area contributed by atoms with Gasteiger partial charge in [0, 0.05) is 22.7 Å². The molecule has 0 radical (unpaired) electrons. The highest BCUT2D eigenvalue weighted by atomic mass is 16.1. The summed E-state index contributed by atoms with van der Waals surface area (Å²) in [6.07, 6.45) is 0. The molecule has 0 saturated carbocycles. The molecular weight excluding hydrogens is 298 g/mol. The molecule has 3 aromatic rings. The zero-order valence-corrected chi connectivity index (χ0v) is 14.6. The van der Waals surface area contributed by atoms with E-state index in [2.05, 4.69) is 31.0 Å². The highest BCUT2D eigenvalue weighted by Gasteiger charge is 2.16. The molecule has 0 atom stereocenters. The fourth-order valence-electron chi connectivity index (χ4n) is 3.06. The lowest BCUT2D eigenvalue weighted by molar-refractivity contribution is 0.587. The Labute approximate surface area is 142 Å². The van der Waals surface area contributed by atoms with E-state index in [0.717, 1.165) is 16.5 Å². The zero-order valence-electron chi connectivity index (χ0n) is 14.6. The molecule has 2 N–H and O–H groups in total. The van der Waals surface area contributed by atoms with Gasteiger partial charge in [-0.3, -0.25) is 4.57 Å². The number of hydrogen-bond acceptors (Lipinski definition) is 3. The lowest BCUT2D eigenvalue weighted by atomic mass is 9.99. The van der Waals surface area contributed by atoms with E-state index in [1.165, 1.54) is 5.56 Å². The summed E-state index contributed by atoms with van der Waals surface area (Å²) in [5, 5.41) is 0.836. The monoisotopic (exact) mass is 321 g/mol. The van der Waals surface area contributed by atoms with Gasteiger partial charge in [0.2, 0.25) is 0 Å². The first-order valence-electron chi connectivity index (χ1n) is 8.31. The Kier molecular flexibility index (Phi) is 4.14. The summed E-state index contributed by atoms with van der Waals surface area (Å²) >= 11 is 0. The molecule has 0 saturated heterocycles. The van der Waals surface area contributed by atoms with Crippen molar-refractivity contribution in [2.75, 3.05) is 5.73 Å². The van der Waals surface area contributed by atoms with Crippen LogP contribution in [0.25, 0.3) is 22.2 Å². The number of nitrogen functional groups attached to an aromatic ring is 1. The molecule has 0 aliphatic heterocycles. The Morgan fingerprint density at radius 3 is 2.25 bits per heavy atom. The predicted molar refractivity (Wildman–Crippen MR) is 100 cm³/mol. The van der Waals surface area contributed by atoms with Crippen LogP contribution in [0.3, 0.4) is 0 Å². The van der Waals surface area contributed by atoms with Crippen LogP contribution in [0.5, 0.6) is 0 Å². The molecule has 4 nitrogen and oxygen atoms in total. The van der Waals surface area contributed by atoms with Gasteiger partial charge in [-0.05, 0) is 37.5 Å². The van der Waals surface area contributed by atoms with Gasteiger partial charge in [-0.2, -0.15) is 4.98 Å². The first-order valence-corrected chi connectivity index (χ1v) is 8.31. The van der Waals surface area contributed by atoms with E-state index in [9.17, 15) is 4.79 Å². The van der Waals surface area contributed by atoms with Crippen LogP contribution in [0.2, 0.25) is 0 Å². The molecular formula is C20H23N3O. The van der Waals surface area contributed by atoms with Gasteiger partial charge in [-0.15, -0.1) is 0 Å². The number of aromatic nitrogens is 2. The molecule has 24 heavy (non-hydrogen) atoms. The average molecular weight is 321 g/mol. The van der Waals surface area contributed by atoms with E-state index < -0.39 is 0 Å². The summed E-state index contributed by atoms with van der Waals surface area (Å²) in [4.78, 5) is 16.9. The summed E-state index contributed by atoms with van der Waals surface area (Å²) in [7, 11) is 0. The predicted octanol–water partition coefficient (Wildman–Crippen LogP) is 4.35. The maximum atomic E-state index is 12.6. The van der Waals surface area contributed by atoms with E-state index in [-0.39, 0.29) is 11.7 Å².